The van der Waals surface area contributed by atoms with Crippen molar-refractivity contribution in [2.45, 2.75) is 45.0 Å². The highest BCUT2D eigenvalue weighted by Gasteiger charge is 2.51. The van der Waals surface area contributed by atoms with Gasteiger partial charge in [0.25, 0.3) is 0 Å². The van der Waals surface area contributed by atoms with Crippen LogP contribution in [0.4, 0.5) is 0 Å². The molecule has 120 valence electrons. The van der Waals surface area contributed by atoms with E-state index >= 15 is 0 Å². The topological polar surface area (TPSA) is 38.7 Å². The molecule has 23 heavy (non-hydrogen) atoms. The van der Waals surface area contributed by atoms with E-state index in [-0.39, 0.29) is 11.2 Å². The molecular formula is C19H23BO3. The Labute approximate surface area is 138 Å². The Morgan fingerprint density at radius 1 is 0.826 bits per heavy atom. The van der Waals surface area contributed by atoms with Crippen LogP contribution in [0.25, 0.3) is 0 Å². The van der Waals surface area contributed by atoms with E-state index < -0.39 is 13.2 Å². The smallest absolute Gasteiger partial charge is 0.399 e. The fraction of sp³-hybridized carbons (Fsp3) is 0.368. The highest BCUT2D eigenvalue weighted by molar-refractivity contribution is 6.62. The monoisotopic (exact) mass is 310 g/mol. The zero-order valence-electron chi connectivity index (χ0n) is 14.1. The first-order valence-electron chi connectivity index (χ1n) is 7.99. The number of aliphatic hydroxyl groups excluding tert-OH is 1. The van der Waals surface area contributed by atoms with E-state index in [1.54, 1.807) is 0 Å². The molecule has 1 atom stereocenters. The van der Waals surface area contributed by atoms with Crippen LogP contribution in [0.1, 0.15) is 44.9 Å². The van der Waals surface area contributed by atoms with Crippen LogP contribution in [0.2, 0.25) is 0 Å². The third-order valence-electron chi connectivity index (χ3n) is 4.87. The van der Waals surface area contributed by atoms with E-state index in [9.17, 15) is 5.11 Å². The Morgan fingerprint density at radius 3 is 2.00 bits per heavy atom. The molecule has 0 radical (unpaired) electrons. The van der Waals surface area contributed by atoms with Gasteiger partial charge < -0.3 is 14.4 Å². The maximum atomic E-state index is 10.6. The first-order chi connectivity index (χ1) is 10.8. The lowest BCUT2D eigenvalue weighted by atomic mass is 9.78. The largest absolute Gasteiger partial charge is 0.494 e. The molecule has 0 aromatic heterocycles. The molecule has 2 aromatic rings. The minimum absolute atomic E-state index is 0.369. The average Bonchev–Trinajstić information content (AvgIpc) is 2.76. The Balaban J connectivity index is 1.87. The SMILES string of the molecule is CC1(C)OB(c2cccc(C(O)c3ccccc3)c2)OC1(C)C. The van der Waals surface area contributed by atoms with Gasteiger partial charge in [0.05, 0.1) is 11.2 Å². The van der Waals surface area contributed by atoms with Gasteiger partial charge in [0.2, 0.25) is 0 Å². The van der Waals surface area contributed by atoms with Crippen molar-refractivity contribution in [3.63, 3.8) is 0 Å². The van der Waals surface area contributed by atoms with Gasteiger partial charge in [-0.25, -0.2) is 0 Å². The molecule has 2 aromatic carbocycles. The maximum Gasteiger partial charge on any atom is 0.494 e. The zero-order valence-corrected chi connectivity index (χ0v) is 14.1. The Kier molecular flexibility index (Phi) is 4.09. The van der Waals surface area contributed by atoms with Crippen molar-refractivity contribution in [3.8, 4) is 0 Å². The molecule has 0 aliphatic carbocycles. The zero-order chi connectivity index (χ0) is 16.7. The average molecular weight is 310 g/mol. The molecule has 0 spiro atoms. The first-order valence-corrected chi connectivity index (χ1v) is 7.99. The van der Waals surface area contributed by atoms with Gasteiger partial charge in [0, 0.05) is 0 Å². The molecule has 1 saturated heterocycles. The molecule has 1 heterocycles. The minimum Gasteiger partial charge on any atom is -0.399 e. The van der Waals surface area contributed by atoms with Gasteiger partial charge >= 0.3 is 7.12 Å². The fourth-order valence-corrected chi connectivity index (χ4v) is 2.68. The van der Waals surface area contributed by atoms with Gasteiger partial charge in [-0.15, -0.1) is 0 Å². The fourth-order valence-electron chi connectivity index (χ4n) is 2.68. The number of hydrogen-bond donors (Lipinski definition) is 1. The van der Waals surface area contributed by atoms with Crippen molar-refractivity contribution in [1.29, 1.82) is 0 Å². The van der Waals surface area contributed by atoms with Crippen molar-refractivity contribution < 1.29 is 14.4 Å². The van der Waals surface area contributed by atoms with E-state index in [0.717, 1.165) is 16.6 Å². The summed E-state index contributed by atoms with van der Waals surface area (Å²) in [5, 5.41) is 10.6. The highest BCUT2D eigenvalue weighted by Crippen LogP contribution is 2.36. The van der Waals surface area contributed by atoms with Crippen molar-refractivity contribution in [1.82, 2.24) is 0 Å². The van der Waals surface area contributed by atoms with Crippen LogP contribution in [0.3, 0.4) is 0 Å². The standard InChI is InChI=1S/C19H23BO3/c1-18(2)19(3,4)23-20(22-18)16-12-8-11-15(13-16)17(21)14-9-6-5-7-10-14/h5-13,17,21H,1-4H3. The lowest BCUT2D eigenvalue weighted by Crippen LogP contribution is -2.41. The maximum absolute atomic E-state index is 10.6. The van der Waals surface area contributed by atoms with Crippen molar-refractivity contribution >= 4 is 12.6 Å². The third kappa shape index (κ3) is 3.07. The van der Waals surface area contributed by atoms with Gasteiger partial charge in [-0.1, -0.05) is 54.6 Å². The molecular weight excluding hydrogens is 287 g/mol. The molecule has 1 aliphatic heterocycles. The summed E-state index contributed by atoms with van der Waals surface area (Å²) in [5.74, 6) is 0. The first kappa shape index (κ1) is 16.3. The molecule has 1 fully saturated rings. The normalized spacial score (nSPS) is 20.5. The summed E-state index contributed by atoms with van der Waals surface area (Å²) in [5.41, 5.74) is 1.90. The molecule has 0 amide bonds. The van der Waals surface area contributed by atoms with E-state index in [2.05, 4.69) is 0 Å². The number of benzene rings is 2. The lowest BCUT2D eigenvalue weighted by molar-refractivity contribution is 0.00578. The lowest BCUT2D eigenvalue weighted by Gasteiger charge is -2.32. The Hall–Kier alpha value is -1.62. The second-order valence-corrected chi connectivity index (χ2v) is 7.07. The summed E-state index contributed by atoms with van der Waals surface area (Å²) in [7, 11) is -0.414. The third-order valence-corrected chi connectivity index (χ3v) is 4.87. The molecule has 3 rings (SSSR count). The van der Waals surface area contributed by atoms with E-state index in [4.69, 9.17) is 9.31 Å². The van der Waals surface area contributed by atoms with Gasteiger partial charge in [-0.2, -0.15) is 0 Å². The van der Waals surface area contributed by atoms with Crippen molar-refractivity contribution in [2.75, 3.05) is 0 Å². The summed E-state index contributed by atoms with van der Waals surface area (Å²) < 4.78 is 12.2. The number of aliphatic hydroxyl groups is 1. The van der Waals surface area contributed by atoms with Crippen LogP contribution in [0.15, 0.2) is 54.6 Å². The summed E-state index contributed by atoms with van der Waals surface area (Å²) in [4.78, 5) is 0. The van der Waals surface area contributed by atoms with Crippen LogP contribution >= 0.6 is 0 Å². The molecule has 0 bridgehead atoms. The summed E-state index contributed by atoms with van der Waals surface area (Å²) in [6.45, 7) is 8.15. The van der Waals surface area contributed by atoms with Gasteiger partial charge in [-0.05, 0) is 44.3 Å². The van der Waals surface area contributed by atoms with Crippen molar-refractivity contribution in [3.05, 3.63) is 65.7 Å². The molecule has 1 aliphatic rings. The second-order valence-electron chi connectivity index (χ2n) is 7.07. The quantitative estimate of drug-likeness (QED) is 0.886. The van der Waals surface area contributed by atoms with Crippen LogP contribution < -0.4 is 5.46 Å². The molecule has 1 unspecified atom stereocenters. The van der Waals surface area contributed by atoms with E-state index in [1.807, 2.05) is 82.3 Å². The number of rotatable bonds is 3. The van der Waals surface area contributed by atoms with Crippen LogP contribution in [-0.4, -0.2) is 23.4 Å². The van der Waals surface area contributed by atoms with Gasteiger partial charge in [-0.3, -0.25) is 0 Å². The van der Waals surface area contributed by atoms with E-state index in [0.29, 0.717) is 0 Å². The van der Waals surface area contributed by atoms with Crippen LogP contribution in [-0.2, 0) is 9.31 Å². The molecule has 1 N–H and O–H groups in total. The second kappa shape index (κ2) is 5.79. The Bertz CT molecular complexity index is 666. The minimum atomic E-state index is -0.654. The number of hydrogen-bond acceptors (Lipinski definition) is 3. The predicted molar refractivity (Wildman–Crippen MR) is 92.7 cm³/mol. The summed E-state index contributed by atoms with van der Waals surface area (Å²) >= 11 is 0. The van der Waals surface area contributed by atoms with Gasteiger partial charge in [0.15, 0.2) is 0 Å². The van der Waals surface area contributed by atoms with E-state index in [1.165, 1.54) is 0 Å². The van der Waals surface area contributed by atoms with Crippen LogP contribution in [0.5, 0.6) is 0 Å². The van der Waals surface area contributed by atoms with Gasteiger partial charge in [0.1, 0.15) is 6.10 Å². The van der Waals surface area contributed by atoms with Crippen molar-refractivity contribution in [2.24, 2.45) is 0 Å². The highest BCUT2D eigenvalue weighted by atomic mass is 16.7. The Morgan fingerprint density at radius 2 is 1.39 bits per heavy atom. The molecule has 4 heteroatoms. The van der Waals surface area contributed by atoms with Crippen LogP contribution in [0, 0.1) is 0 Å². The summed E-state index contributed by atoms with van der Waals surface area (Å²) in [6.07, 6.45) is -0.654. The molecule has 3 nitrogen and oxygen atoms in total. The predicted octanol–water partition coefficient (Wildman–Crippen LogP) is 3.07. The summed E-state index contributed by atoms with van der Waals surface area (Å²) in [6, 6.07) is 17.4. The molecule has 0 saturated carbocycles.